The van der Waals surface area contributed by atoms with Crippen molar-refractivity contribution < 1.29 is 5.11 Å². The van der Waals surface area contributed by atoms with Gasteiger partial charge in [0.25, 0.3) is 5.56 Å². The van der Waals surface area contributed by atoms with Gasteiger partial charge in [-0.05, 0) is 11.5 Å². The monoisotopic (exact) mass is 388 g/mol. The van der Waals surface area contributed by atoms with Gasteiger partial charge in [-0.2, -0.15) is 10.4 Å². The number of nitrogens with zero attached hydrogens (tertiary/aromatic N) is 5. The number of rotatable bonds is 5. The summed E-state index contributed by atoms with van der Waals surface area (Å²) in [4.78, 5) is 17.6. The first-order valence-electron chi connectivity index (χ1n) is 9.29. The van der Waals surface area contributed by atoms with Crippen molar-refractivity contribution in [2.75, 3.05) is 6.61 Å². The van der Waals surface area contributed by atoms with Crippen LogP contribution in [0.15, 0.2) is 53.7 Å². The third kappa shape index (κ3) is 3.11. The van der Waals surface area contributed by atoms with Gasteiger partial charge >= 0.3 is 0 Å². The summed E-state index contributed by atoms with van der Waals surface area (Å²) in [6.07, 6.45) is 4.88. The SMILES string of the molecule is CC(C)c1c(-c2cnn(C(CO)c3ccccc3)c2)nc2c(C#N)c[nH]n2c1=O. The minimum absolute atomic E-state index is 0.0816. The zero-order valence-corrected chi connectivity index (χ0v) is 16.1. The zero-order valence-electron chi connectivity index (χ0n) is 16.1. The molecule has 1 unspecified atom stereocenters. The van der Waals surface area contributed by atoms with E-state index in [4.69, 9.17) is 0 Å². The fourth-order valence-electron chi connectivity index (χ4n) is 3.50. The number of aliphatic hydroxyl groups excluding tert-OH is 1. The normalized spacial score (nSPS) is 12.4. The molecule has 0 spiro atoms. The molecule has 3 heterocycles. The molecule has 0 fully saturated rings. The standard InChI is InChI=1S/C21H20N6O2/c1-13(2)18-19(25-20-15(8-22)9-24-27(20)21(18)29)16-10-23-26(11-16)17(12-28)14-6-4-3-5-7-14/h3-7,9-11,13,17,24,28H,12H2,1-2H3. The average Bonchev–Trinajstić information content (AvgIpc) is 3.36. The number of H-pyrrole nitrogens is 1. The molecule has 1 aromatic carbocycles. The molecule has 0 amide bonds. The van der Waals surface area contributed by atoms with Crippen LogP contribution in [0, 0.1) is 11.3 Å². The van der Waals surface area contributed by atoms with Crippen LogP contribution in [0.25, 0.3) is 16.9 Å². The number of fused-ring (bicyclic) bond motifs is 1. The number of nitrogens with one attached hydrogen (secondary N) is 1. The van der Waals surface area contributed by atoms with E-state index in [9.17, 15) is 15.2 Å². The lowest BCUT2D eigenvalue weighted by atomic mass is 10.00. The predicted octanol–water partition coefficient (Wildman–Crippen LogP) is 2.46. The number of aromatic amines is 1. The summed E-state index contributed by atoms with van der Waals surface area (Å²) in [6.45, 7) is 3.73. The minimum Gasteiger partial charge on any atom is -0.394 e. The highest BCUT2D eigenvalue weighted by Crippen LogP contribution is 2.27. The lowest BCUT2D eigenvalue weighted by Crippen LogP contribution is -2.22. The van der Waals surface area contributed by atoms with Gasteiger partial charge in [0, 0.05) is 23.5 Å². The number of hydrogen-bond acceptors (Lipinski definition) is 5. The van der Waals surface area contributed by atoms with E-state index in [0.29, 0.717) is 22.4 Å². The van der Waals surface area contributed by atoms with Crippen molar-refractivity contribution in [2.45, 2.75) is 25.8 Å². The van der Waals surface area contributed by atoms with Crippen molar-refractivity contribution in [3.63, 3.8) is 0 Å². The molecule has 1 atom stereocenters. The predicted molar refractivity (Wildman–Crippen MR) is 108 cm³/mol. The molecule has 0 saturated carbocycles. The van der Waals surface area contributed by atoms with E-state index in [1.165, 1.54) is 10.7 Å². The molecular weight excluding hydrogens is 368 g/mol. The molecule has 0 radical (unpaired) electrons. The van der Waals surface area contributed by atoms with Crippen molar-refractivity contribution in [3.8, 4) is 17.3 Å². The molecule has 2 N–H and O–H groups in total. The largest absolute Gasteiger partial charge is 0.394 e. The summed E-state index contributed by atoms with van der Waals surface area (Å²) < 4.78 is 2.96. The molecular formula is C21H20N6O2. The fourth-order valence-corrected chi connectivity index (χ4v) is 3.50. The van der Waals surface area contributed by atoms with E-state index >= 15 is 0 Å². The number of benzene rings is 1. The molecule has 4 aromatic rings. The van der Waals surface area contributed by atoms with Crippen LogP contribution in [0.4, 0.5) is 0 Å². The van der Waals surface area contributed by atoms with Crippen molar-refractivity contribution in [3.05, 3.63) is 76.0 Å². The van der Waals surface area contributed by atoms with Gasteiger partial charge < -0.3 is 5.11 Å². The molecule has 0 aliphatic carbocycles. The Hall–Kier alpha value is -3.70. The first-order valence-corrected chi connectivity index (χ1v) is 9.29. The Bertz CT molecular complexity index is 1260. The van der Waals surface area contributed by atoms with E-state index in [0.717, 1.165) is 5.56 Å². The van der Waals surface area contributed by atoms with Crippen LogP contribution >= 0.6 is 0 Å². The summed E-state index contributed by atoms with van der Waals surface area (Å²) in [5, 5.41) is 26.4. The maximum Gasteiger partial charge on any atom is 0.276 e. The highest BCUT2D eigenvalue weighted by molar-refractivity contribution is 5.67. The zero-order chi connectivity index (χ0) is 20.5. The van der Waals surface area contributed by atoms with E-state index in [-0.39, 0.29) is 29.8 Å². The van der Waals surface area contributed by atoms with Gasteiger partial charge in [-0.1, -0.05) is 44.2 Å². The highest BCUT2D eigenvalue weighted by atomic mass is 16.3. The van der Waals surface area contributed by atoms with Crippen LogP contribution in [0.3, 0.4) is 0 Å². The highest BCUT2D eigenvalue weighted by Gasteiger charge is 2.22. The number of nitriles is 1. The van der Waals surface area contributed by atoms with Crippen molar-refractivity contribution in [1.29, 1.82) is 5.26 Å². The maximum atomic E-state index is 13.0. The summed E-state index contributed by atoms with van der Waals surface area (Å²) in [5.74, 6) is -0.0816. The van der Waals surface area contributed by atoms with Crippen LogP contribution in [0.2, 0.25) is 0 Å². The molecule has 4 rings (SSSR count). The van der Waals surface area contributed by atoms with Gasteiger partial charge in [0.1, 0.15) is 11.6 Å². The van der Waals surface area contributed by atoms with Crippen molar-refractivity contribution in [1.82, 2.24) is 24.4 Å². The smallest absolute Gasteiger partial charge is 0.276 e. The first-order chi connectivity index (χ1) is 14.0. The molecule has 0 bridgehead atoms. The Morgan fingerprint density at radius 3 is 2.69 bits per heavy atom. The van der Waals surface area contributed by atoms with Gasteiger partial charge in [-0.3, -0.25) is 14.6 Å². The second-order valence-electron chi connectivity index (χ2n) is 7.11. The minimum atomic E-state index is -0.348. The van der Waals surface area contributed by atoms with Gasteiger partial charge in [-0.15, -0.1) is 0 Å². The van der Waals surface area contributed by atoms with Gasteiger partial charge in [0.05, 0.1) is 24.5 Å². The molecule has 0 saturated heterocycles. The lowest BCUT2D eigenvalue weighted by molar-refractivity contribution is 0.241. The Balaban J connectivity index is 1.88. The van der Waals surface area contributed by atoms with Gasteiger partial charge in [0.2, 0.25) is 0 Å². The summed E-state index contributed by atoms with van der Waals surface area (Å²) >= 11 is 0. The average molecular weight is 388 g/mol. The number of aliphatic hydroxyl groups is 1. The van der Waals surface area contributed by atoms with Crippen molar-refractivity contribution in [2.24, 2.45) is 0 Å². The third-order valence-corrected chi connectivity index (χ3v) is 4.95. The van der Waals surface area contributed by atoms with Crippen LogP contribution < -0.4 is 5.56 Å². The second-order valence-corrected chi connectivity index (χ2v) is 7.11. The van der Waals surface area contributed by atoms with Crippen LogP contribution in [0.5, 0.6) is 0 Å². The van der Waals surface area contributed by atoms with E-state index < -0.39 is 0 Å². The maximum absolute atomic E-state index is 13.0. The Morgan fingerprint density at radius 2 is 2.03 bits per heavy atom. The third-order valence-electron chi connectivity index (χ3n) is 4.95. The molecule has 0 aliphatic heterocycles. The summed E-state index contributed by atoms with van der Waals surface area (Å²) in [6, 6.07) is 11.3. The van der Waals surface area contributed by atoms with Gasteiger partial charge in [0.15, 0.2) is 5.65 Å². The molecule has 8 nitrogen and oxygen atoms in total. The van der Waals surface area contributed by atoms with Crippen LogP contribution in [-0.4, -0.2) is 36.1 Å². The van der Waals surface area contributed by atoms with Gasteiger partial charge in [-0.25, -0.2) is 9.50 Å². The quantitative estimate of drug-likeness (QED) is 0.545. The van der Waals surface area contributed by atoms with E-state index in [1.54, 1.807) is 17.1 Å². The Morgan fingerprint density at radius 1 is 1.28 bits per heavy atom. The van der Waals surface area contributed by atoms with E-state index in [1.807, 2.05) is 44.2 Å². The molecule has 8 heteroatoms. The van der Waals surface area contributed by atoms with Crippen LogP contribution in [-0.2, 0) is 0 Å². The molecule has 29 heavy (non-hydrogen) atoms. The fraction of sp³-hybridized carbons (Fsp3) is 0.238. The number of hydrogen-bond donors (Lipinski definition) is 2. The summed E-state index contributed by atoms with van der Waals surface area (Å²) in [7, 11) is 0. The molecule has 3 aromatic heterocycles. The Kier molecular flexibility index (Phi) is 4.74. The Labute approximate surface area is 166 Å². The molecule has 146 valence electrons. The second kappa shape index (κ2) is 7.37. The summed E-state index contributed by atoms with van der Waals surface area (Å²) in [5.41, 5.74) is 2.96. The van der Waals surface area contributed by atoms with E-state index in [2.05, 4.69) is 21.3 Å². The first kappa shape index (κ1) is 18.7. The molecule has 0 aliphatic rings. The lowest BCUT2D eigenvalue weighted by Gasteiger charge is -2.15. The van der Waals surface area contributed by atoms with Crippen LogP contribution in [0.1, 0.15) is 42.5 Å². The number of aromatic nitrogens is 5. The van der Waals surface area contributed by atoms with Crippen molar-refractivity contribution >= 4 is 5.65 Å². The topological polar surface area (TPSA) is 112 Å².